The molecule has 0 aromatic heterocycles. The number of hydrogen-bond donors (Lipinski definition) is 2. The zero-order valence-electron chi connectivity index (χ0n) is 11.7. The maximum absolute atomic E-state index is 9.76. The SMILES string of the molecule is C/C(=C/C(=O)[O-])C(=O)[O-].C[NH+](C)C.C[NH+](C)C. The Morgan fingerprint density at radius 3 is 1.18 bits per heavy atom. The maximum Gasteiger partial charge on any atom is 0.0672 e. The smallest absolute Gasteiger partial charge is 0.0672 e. The first-order chi connectivity index (χ1) is 7.50. The van der Waals surface area contributed by atoms with Crippen LogP contribution in [-0.2, 0) is 9.59 Å². The Kier molecular flexibility index (Phi) is 15.6. The van der Waals surface area contributed by atoms with E-state index in [1.807, 2.05) is 0 Å². The molecule has 6 nitrogen and oxygen atoms in total. The summed E-state index contributed by atoms with van der Waals surface area (Å²) < 4.78 is 0. The molecule has 0 aliphatic heterocycles. The molecule has 0 saturated heterocycles. The van der Waals surface area contributed by atoms with Crippen molar-refractivity contribution in [2.24, 2.45) is 0 Å². The highest BCUT2D eigenvalue weighted by molar-refractivity contribution is 5.92. The minimum absolute atomic E-state index is 0.352. The number of carboxylic acids is 2. The molecule has 0 spiro atoms. The number of quaternary nitrogens is 2. The topological polar surface area (TPSA) is 89.1 Å². The first kappa shape index (κ1) is 20.9. The lowest BCUT2D eigenvalue weighted by Crippen LogP contribution is -3.02. The molecule has 0 amide bonds. The number of aliphatic carboxylic acids is 2. The quantitative estimate of drug-likeness (QED) is 0.479. The highest BCUT2D eigenvalue weighted by Gasteiger charge is 1.86. The zero-order valence-corrected chi connectivity index (χ0v) is 11.7. The second-order valence-electron chi connectivity index (χ2n) is 4.43. The number of carbonyl (C=O) groups excluding carboxylic acids is 2. The fraction of sp³-hybridized carbons (Fsp3) is 0.636. The molecule has 6 heteroatoms. The summed E-state index contributed by atoms with van der Waals surface area (Å²) >= 11 is 0. The second kappa shape index (κ2) is 12.7. The summed E-state index contributed by atoms with van der Waals surface area (Å²) in [6.45, 7) is 1.12. The third-order valence-corrected chi connectivity index (χ3v) is 0.656. The molecule has 0 aliphatic carbocycles. The van der Waals surface area contributed by atoms with Crippen LogP contribution in [0.15, 0.2) is 11.6 Å². The summed E-state index contributed by atoms with van der Waals surface area (Å²) in [5, 5.41) is 19.4. The van der Waals surface area contributed by atoms with Gasteiger partial charge in [0.2, 0.25) is 0 Å². The molecule has 0 radical (unpaired) electrons. The van der Waals surface area contributed by atoms with Crippen molar-refractivity contribution >= 4 is 11.9 Å². The van der Waals surface area contributed by atoms with E-state index in [-0.39, 0.29) is 5.57 Å². The van der Waals surface area contributed by atoms with Crippen LogP contribution in [0.5, 0.6) is 0 Å². The van der Waals surface area contributed by atoms with Gasteiger partial charge >= 0.3 is 0 Å². The van der Waals surface area contributed by atoms with Crippen LogP contribution < -0.4 is 20.0 Å². The van der Waals surface area contributed by atoms with Crippen LogP contribution >= 0.6 is 0 Å². The summed E-state index contributed by atoms with van der Waals surface area (Å²) in [5.74, 6) is -3.03. The molecule has 17 heavy (non-hydrogen) atoms. The average Bonchev–Trinajstić information content (AvgIpc) is 1.99. The molecule has 0 aliphatic rings. The number of carboxylic acid groups (broad SMARTS) is 2. The first-order valence-corrected chi connectivity index (χ1v) is 5.14. The molecular formula is C11H24N2O4. The normalized spacial score (nSPS) is 10.1. The predicted molar refractivity (Wildman–Crippen MR) is 61.2 cm³/mol. The van der Waals surface area contributed by atoms with Gasteiger partial charge in [-0.1, -0.05) is 0 Å². The summed E-state index contributed by atoms with van der Waals surface area (Å²) in [4.78, 5) is 22.2. The minimum Gasteiger partial charge on any atom is -0.545 e. The lowest BCUT2D eigenvalue weighted by atomic mass is 10.3. The van der Waals surface area contributed by atoms with Crippen LogP contribution in [0.4, 0.5) is 0 Å². The number of hydrogen-bond acceptors (Lipinski definition) is 4. The first-order valence-electron chi connectivity index (χ1n) is 5.14. The Morgan fingerprint density at radius 2 is 1.12 bits per heavy atom. The molecule has 0 aromatic rings. The summed E-state index contributed by atoms with van der Waals surface area (Å²) in [5.41, 5.74) is -0.352. The molecule has 0 fully saturated rings. The van der Waals surface area contributed by atoms with Crippen molar-refractivity contribution < 1.29 is 29.6 Å². The van der Waals surface area contributed by atoms with Gasteiger partial charge in [0.1, 0.15) is 0 Å². The minimum atomic E-state index is -1.53. The van der Waals surface area contributed by atoms with E-state index in [9.17, 15) is 19.8 Å². The van der Waals surface area contributed by atoms with Gasteiger partial charge < -0.3 is 29.6 Å². The standard InChI is InChI=1S/C5H6O4.2C3H9N/c1-3(5(8)9)2-4(6)7;2*1-4(2)3/h2H,1H3,(H,6,7)(H,8,9);2*1-3H3/b3-2-;;. The molecule has 102 valence electrons. The predicted octanol–water partition coefficient (Wildman–Crippen LogP) is -5.05. The van der Waals surface area contributed by atoms with E-state index < -0.39 is 11.9 Å². The molecule has 0 atom stereocenters. The lowest BCUT2D eigenvalue weighted by Gasteiger charge is -2.00. The highest BCUT2D eigenvalue weighted by Crippen LogP contribution is 1.86. The fourth-order valence-electron chi connectivity index (χ4n) is 0.236. The van der Waals surface area contributed by atoms with E-state index in [1.165, 1.54) is 9.80 Å². The van der Waals surface area contributed by atoms with Crippen LogP contribution in [0, 0.1) is 0 Å². The third kappa shape index (κ3) is 53.2. The summed E-state index contributed by atoms with van der Waals surface area (Å²) in [6.07, 6.45) is 0.468. The van der Waals surface area contributed by atoms with Crippen molar-refractivity contribution in [3.8, 4) is 0 Å². The number of rotatable bonds is 2. The van der Waals surface area contributed by atoms with E-state index in [0.29, 0.717) is 6.08 Å². The van der Waals surface area contributed by atoms with Crippen LogP contribution in [0.3, 0.4) is 0 Å². The van der Waals surface area contributed by atoms with Crippen molar-refractivity contribution in [2.45, 2.75) is 6.92 Å². The Labute approximate surface area is 103 Å². The van der Waals surface area contributed by atoms with Gasteiger partial charge in [-0.15, -0.1) is 0 Å². The molecule has 0 saturated carbocycles. The van der Waals surface area contributed by atoms with Crippen molar-refractivity contribution in [3.63, 3.8) is 0 Å². The molecular weight excluding hydrogens is 224 g/mol. The van der Waals surface area contributed by atoms with Gasteiger partial charge in [-0.3, -0.25) is 0 Å². The largest absolute Gasteiger partial charge is 0.545 e. The van der Waals surface area contributed by atoms with Crippen LogP contribution in [0.2, 0.25) is 0 Å². The highest BCUT2D eigenvalue weighted by atomic mass is 16.4. The van der Waals surface area contributed by atoms with E-state index in [0.717, 1.165) is 6.92 Å². The number of carbonyl (C=O) groups is 2. The molecule has 0 bridgehead atoms. The van der Waals surface area contributed by atoms with Gasteiger partial charge in [0.05, 0.1) is 54.2 Å². The van der Waals surface area contributed by atoms with E-state index in [4.69, 9.17) is 0 Å². The van der Waals surface area contributed by atoms with E-state index in [1.54, 1.807) is 0 Å². The Balaban J connectivity index is -0.000000205. The van der Waals surface area contributed by atoms with Gasteiger partial charge in [0.15, 0.2) is 0 Å². The summed E-state index contributed by atoms with van der Waals surface area (Å²) in [7, 11) is 12.5. The van der Waals surface area contributed by atoms with Crippen LogP contribution in [0.1, 0.15) is 6.92 Å². The molecule has 0 rings (SSSR count). The maximum atomic E-state index is 9.76. The van der Waals surface area contributed by atoms with Gasteiger partial charge in [-0.25, -0.2) is 0 Å². The van der Waals surface area contributed by atoms with Crippen LogP contribution in [-0.4, -0.2) is 54.2 Å². The van der Waals surface area contributed by atoms with E-state index in [2.05, 4.69) is 42.3 Å². The Morgan fingerprint density at radius 1 is 0.882 bits per heavy atom. The van der Waals surface area contributed by atoms with Crippen molar-refractivity contribution in [2.75, 3.05) is 42.3 Å². The molecule has 2 N–H and O–H groups in total. The average molecular weight is 248 g/mol. The zero-order chi connectivity index (χ0) is 14.6. The van der Waals surface area contributed by atoms with Crippen molar-refractivity contribution in [1.29, 1.82) is 0 Å². The number of nitrogens with one attached hydrogen (secondary N) is 2. The monoisotopic (exact) mass is 248 g/mol. The van der Waals surface area contributed by atoms with Gasteiger partial charge in [-0.05, 0) is 18.6 Å². The third-order valence-electron chi connectivity index (χ3n) is 0.656. The molecule has 0 heterocycles. The van der Waals surface area contributed by atoms with Crippen LogP contribution in [0.25, 0.3) is 0 Å². The fourth-order valence-corrected chi connectivity index (χ4v) is 0.236. The van der Waals surface area contributed by atoms with Crippen molar-refractivity contribution in [1.82, 2.24) is 0 Å². The summed E-state index contributed by atoms with van der Waals surface area (Å²) in [6, 6.07) is 0. The van der Waals surface area contributed by atoms with Crippen molar-refractivity contribution in [3.05, 3.63) is 11.6 Å². The Hall–Kier alpha value is -1.40. The lowest BCUT2D eigenvalue weighted by molar-refractivity contribution is -0.836. The van der Waals surface area contributed by atoms with Gasteiger partial charge in [0.25, 0.3) is 0 Å². The van der Waals surface area contributed by atoms with Gasteiger partial charge in [-0.2, -0.15) is 0 Å². The van der Waals surface area contributed by atoms with E-state index >= 15 is 0 Å². The molecule has 0 unspecified atom stereocenters. The molecule has 0 aromatic carbocycles. The second-order valence-corrected chi connectivity index (χ2v) is 4.43. The Bertz CT molecular complexity index is 236. The van der Waals surface area contributed by atoms with Gasteiger partial charge in [0, 0.05) is 0 Å².